The molecule has 0 aliphatic carbocycles. The van der Waals surface area contributed by atoms with Gasteiger partial charge >= 0.3 is 0 Å². The van der Waals surface area contributed by atoms with Gasteiger partial charge in [0.25, 0.3) is 0 Å². The molecule has 0 aromatic heterocycles. The highest BCUT2D eigenvalue weighted by Crippen LogP contribution is 2.11. The largest absolute Gasteiger partial charge is 0.328 e. The van der Waals surface area contributed by atoms with Gasteiger partial charge in [0.15, 0.2) is 0 Å². The Morgan fingerprint density at radius 2 is 2.18 bits per heavy atom. The maximum Gasteiger partial charge on any atom is 0.00507 e. The number of allylic oxidation sites excluding steroid dienone is 3. The lowest BCUT2D eigenvalue weighted by Gasteiger charge is -2.07. The van der Waals surface area contributed by atoms with Gasteiger partial charge in [-0.15, -0.1) is 0 Å². The van der Waals surface area contributed by atoms with Crippen LogP contribution in [0.25, 0.3) is 0 Å². The summed E-state index contributed by atoms with van der Waals surface area (Å²) in [7, 11) is 0. The SMILES string of the molecule is C=C/C=C(/C)C(=C)CC(C)N. The number of hydrogen-bond acceptors (Lipinski definition) is 1. The highest BCUT2D eigenvalue weighted by molar-refractivity contribution is 5.29. The lowest BCUT2D eigenvalue weighted by molar-refractivity contribution is 0.737. The van der Waals surface area contributed by atoms with Crippen LogP contribution in [-0.2, 0) is 0 Å². The van der Waals surface area contributed by atoms with Crippen molar-refractivity contribution in [2.45, 2.75) is 26.3 Å². The van der Waals surface area contributed by atoms with Crippen molar-refractivity contribution < 1.29 is 0 Å². The van der Waals surface area contributed by atoms with E-state index >= 15 is 0 Å². The molecule has 0 bridgehead atoms. The van der Waals surface area contributed by atoms with Gasteiger partial charge in [-0.25, -0.2) is 0 Å². The fourth-order valence-electron chi connectivity index (χ4n) is 0.844. The van der Waals surface area contributed by atoms with E-state index in [0.717, 1.165) is 17.6 Å². The van der Waals surface area contributed by atoms with E-state index in [0.29, 0.717) is 0 Å². The molecule has 62 valence electrons. The monoisotopic (exact) mass is 151 g/mol. The second-order valence-electron chi connectivity index (χ2n) is 2.87. The van der Waals surface area contributed by atoms with Crippen LogP contribution < -0.4 is 5.73 Å². The van der Waals surface area contributed by atoms with Gasteiger partial charge in [-0.2, -0.15) is 0 Å². The summed E-state index contributed by atoms with van der Waals surface area (Å²) in [5.74, 6) is 0. The summed E-state index contributed by atoms with van der Waals surface area (Å²) >= 11 is 0. The molecule has 0 heterocycles. The van der Waals surface area contributed by atoms with Crippen LogP contribution in [0.3, 0.4) is 0 Å². The number of rotatable bonds is 4. The highest BCUT2D eigenvalue weighted by Gasteiger charge is 1.99. The minimum atomic E-state index is 0.190. The second kappa shape index (κ2) is 4.91. The summed E-state index contributed by atoms with van der Waals surface area (Å²) < 4.78 is 0. The third-order valence-electron chi connectivity index (χ3n) is 1.49. The normalized spacial score (nSPS) is 14.3. The van der Waals surface area contributed by atoms with Crippen molar-refractivity contribution in [2.75, 3.05) is 0 Å². The molecular weight excluding hydrogens is 134 g/mol. The van der Waals surface area contributed by atoms with E-state index in [4.69, 9.17) is 5.73 Å². The maximum absolute atomic E-state index is 5.61. The highest BCUT2D eigenvalue weighted by atomic mass is 14.6. The predicted octanol–water partition coefficient (Wildman–Crippen LogP) is 2.41. The van der Waals surface area contributed by atoms with Gasteiger partial charge in [0, 0.05) is 6.04 Å². The first kappa shape index (κ1) is 10.2. The zero-order valence-electron chi connectivity index (χ0n) is 7.43. The van der Waals surface area contributed by atoms with Crippen molar-refractivity contribution in [3.05, 3.63) is 36.5 Å². The van der Waals surface area contributed by atoms with Gasteiger partial charge in [0.05, 0.1) is 0 Å². The molecule has 0 aliphatic rings. The molecule has 1 unspecified atom stereocenters. The third-order valence-corrected chi connectivity index (χ3v) is 1.49. The van der Waals surface area contributed by atoms with Gasteiger partial charge < -0.3 is 5.73 Å². The van der Waals surface area contributed by atoms with E-state index in [9.17, 15) is 0 Å². The van der Waals surface area contributed by atoms with Crippen LogP contribution >= 0.6 is 0 Å². The standard InChI is InChI=1S/C10H17N/c1-5-6-8(2)9(3)7-10(4)11/h5-6,10H,1,3,7,11H2,2,4H3/b8-6-. The van der Waals surface area contributed by atoms with Gasteiger partial charge in [0.1, 0.15) is 0 Å². The minimum Gasteiger partial charge on any atom is -0.328 e. The molecule has 0 spiro atoms. The first-order valence-corrected chi connectivity index (χ1v) is 3.81. The average molecular weight is 151 g/mol. The minimum absolute atomic E-state index is 0.190. The van der Waals surface area contributed by atoms with Gasteiger partial charge in [-0.3, -0.25) is 0 Å². The fourth-order valence-corrected chi connectivity index (χ4v) is 0.844. The molecule has 1 nitrogen and oxygen atoms in total. The van der Waals surface area contributed by atoms with Crippen molar-refractivity contribution in [1.82, 2.24) is 0 Å². The van der Waals surface area contributed by atoms with Crippen molar-refractivity contribution in [3.63, 3.8) is 0 Å². The lowest BCUT2D eigenvalue weighted by Crippen LogP contribution is -2.15. The Balaban J connectivity index is 4.03. The first-order valence-electron chi connectivity index (χ1n) is 3.81. The number of nitrogens with two attached hydrogens (primary N) is 1. The summed E-state index contributed by atoms with van der Waals surface area (Å²) in [4.78, 5) is 0. The van der Waals surface area contributed by atoms with Crippen molar-refractivity contribution in [1.29, 1.82) is 0 Å². The molecule has 0 fully saturated rings. The van der Waals surface area contributed by atoms with Crippen molar-refractivity contribution >= 4 is 0 Å². The molecule has 1 atom stereocenters. The summed E-state index contributed by atoms with van der Waals surface area (Å²) in [6, 6.07) is 0.190. The molecule has 0 aromatic rings. The van der Waals surface area contributed by atoms with Crippen LogP contribution in [0.4, 0.5) is 0 Å². The Labute approximate surface area is 69.3 Å². The summed E-state index contributed by atoms with van der Waals surface area (Å²) in [6.07, 6.45) is 4.57. The first-order chi connectivity index (χ1) is 5.07. The van der Waals surface area contributed by atoms with E-state index < -0.39 is 0 Å². The molecule has 0 radical (unpaired) electrons. The third kappa shape index (κ3) is 4.57. The van der Waals surface area contributed by atoms with Crippen LogP contribution in [0, 0.1) is 0 Å². The van der Waals surface area contributed by atoms with Gasteiger partial charge in [-0.05, 0) is 25.8 Å². The summed E-state index contributed by atoms with van der Waals surface area (Å²) in [6.45, 7) is 11.5. The molecule has 0 amide bonds. The topological polar surface area (TPSA) is 26.0 Å². The van der Waals surface area contributed by atoms with Crippen molar-refractivity contribution in [2.24, 2.45) is 5.73 Å². The van der Waals surface area contributed by atoms with E-state index in [1.807, 2.05) is 19.9 Å². The lowest BCUT2D eigenvalue weighted by atomic mass is 10.0. The van der Waals surface area contributed by atoms with Crippen LogP contribution in [0.5, 0.6) is 0 Å². The van der Waals surface area contributed by atoms with Crippen LogP contribution in [-0.4, -0.2) is 6.04 Å². The molecule has 1 heteroatoms. The van der Waals surface area contributed by atoms with Crippen LogP contribution in [0.1, 0.15) is 20.3 Å². The smallest absolute Gasteiger partial charge is 0.00507 e. The van der Waals surface area contributed by atoms with Crippen LogP contribution in [0.15, 0.2) is 36.5 Å². The average Bonchev–Trinajstić information content (AvgIpc) is 1.86. The summed E-state index contributed by atoms with van der Waals surface area (Å²) in [5.41, 5.74) is 7.87. The molecular formula is C10H17N. The number of hydrogen-bond donors (Lipinski definition) is 1. The van der Waals surface area contributed by atoms with Crippen LogP contribution in [0.2, 0.25) is 0 Å². The Kier molecular flexibility index (Phi) is 4.55. The van der Waals surface area contributed by atoms with E-state index in [1.165, 1.54) is 0 Å². The molecule has 0 saturated heterocycles. The zero-order valence-corrected chi connectivity index (χ0v) is 7.43. The van der Waals surface area contributed by atoms with E-state index in [1.54, 1.807) is 6.08 Å². The Bertz CT molecular complexity index is 175. The fraction of sp³-hybridized carbons (Fsp3) is 0.400. The molecule has 0 aliphatic heterocycles. The predicted molar refractivity (Wildman–Crippen MR) is 51.4 cm³/mol. The second-order valence-corrected chi connectivity index (χ2v) is 2.87. The quantitative estimate of drug-likeness (QED) is 0.613. The van der Waals surface area contributed by atoms with Gasteiger partial charge in [-0.1, -0.05) is 30.9 Å². The Hall–Kier alpha value is -0.820. The van der Waals surface area contributed by atoms with Crippen molar-refractivity contribution in [3.8, 4) is 0 Å². The Morgan fingerprint density at radius 1 is 1.64 bits per heavy atom. The zero-order chi connectivity index (χ0) is 8.85. The van der Waals surface area contributed by atoms with E-state index in [2.05, 4.69) is 13.2 Å². The molecule has 0 rings (SSSR count). The molecule has 0 saturated carbocycles. The maximum atomic E-state index is 5.61. The Morgan fingerprint density at radius 3 is 2.55 bits per heavy atom. The molecule has 0 aromatic carbocycles. The van der Waals surface area contributed by atoms with E-state index in [-0.39, 0.29) is 6.04 Å². The van der Waals surface area contributed by atoms with Gasteiger partial charge in [0.2, 0.25) is 0 Å². The molecule has 11 heavy (non-hydrogen) atoms. The summed E-state index contributed by atoms with van der Waals surface area (Å²) in [5, 5.41) is 0. The molecule has 2 N–H and O–H groups in total.